The molecule has 1 atom stereocenters. The summed E-state index contributed by atoms with van der Waals surface area (Å²) >= 11 is 0. The van der Waals surface area contributed by atoms with Crippen molar-refractivity contribution in [3.05, 3.63) is 30.9 Å². The van der Waals surface area contributed by atoms with Crippen LogP contribution in [0.4, 0.5) is 5.82 Å². The van der Waals surface area contributed by atoms with Gasteiger partial charge in [-0.3, -0.25) is 9.67 Å². The van der Waals surface area contributed by atoms with Gasteiger partial charge in [-0.15, -0.1) is 0 Å². The lowest BCUT2D eigenvalue weighted by atomic mass is 10.1. The molecule has 0 amide bonds. The predicted molar refractivity (Wildman–Crippen MR) is 77.3 cm³/mol. The van der Waals surface area contributed by atoms with Gasteiger partial charge < -0.3 is 14.7 Å². The Labute approximate surface area is 123 Å². The summed E-state index contributed by atoms with van der Waals surface area (Å²) in [6, 6.07) is 2.31. The van der Waals surface area contributed by atoms with Crippen LogP contribution in [-0.2, 0) is 0 Å². The monoisotopic (exact) mass is 289 g/mol. The smallest absolute Gasteiger partial charge is 0.234 e. The van der Waals surface area contributed by atoms with E-state index in [1.807, 2.05) is 23.1 Å². The molecule has 1 aliphatic heterocycles. The minimum atomic E-state index is -0.0308. The SMILES string of the molecule is OCCOc1cncc(N2CCC[C@@H](n3cccn3)C2)n1. The largest absolute Gasteiger partial charge is 0.474 e. The van der Waals surface area contributed by atoms with Gasteiger partial charge in [0.2, 0.25) is 5.88 Å². The Kier molecular flexibility index (Phi) is 4.30. The second-order valence-electron chi connectivity index (χ2n) is 5.02. The van der Waals surface area contributed by atoms with Gasteiger partial charge in [0.05, 0.1) is 25.0 Å². The van der Waals surface area contributed by atoms with Crippen molar-refractivity contribution in [2.45, 2.75) is 18.9 Å². The van der Waals surface area contributed by atoms with E-state index in [9.17, 15) is 0 Å². The standard InChI is InChI=1S/C14H19N5O2/c20-7-8-21-14-10-15-9-13(17-14)18-5-1-3-12(11-18)19-6-2-4-16-19/h2,4,6,9-10,12,20H,1,3,5,7-8,11H2/t12-/m1/s1. The summed E-state index contributed by atoms with van der Waals surface area (Å²) < 4.78 is 7.32. The lowest BCUT2D eigenvalue weighted by Gasteiger charge is -2.33. The van der Waals surface area contributed by atoms with Crippen LogP contribution in [0.15, 0.2) is 30.9 Å². The van der Waals surface area contributed by atoms with Gasteiger partial charge in [-0.25, -0.2) is 0 Å². The molecule has 0 saturated carbocycles. The first kappa shape index (κ1) is 13.8. The Bertz CT molecular complexity index is 560. The van der Waals surface area contributed by atoms with E-state index in [1.54, 1.807) is 12.4 Å². The van der Waals surface area contributed by atoms with Gasteiger partial charge in [-0.2, -0.15) is 10.1 Å². The molecule has 0 aromatic carbocycles. The van der Waals surface area contributed by atoms with Crippen LogP contribution in [0.3, 0.4) is 0 Å². The summed E-state index contributed by atoms with van der Waals surface area (Å²) in [6.07, 6.45) is 9.33. The second kappa shape index (κ2) is 6.53. The molecule has 1 fully saturated rings. The zero-order valence-electron chi connectivity index (χ0n) is 11.8. The van der Waals surface area contributed by atoms with Crippen molar-refractivity contribution in [3.8, 4) is 5.88 Å². The van der Waals surface area contributed by atoms with E-state index in [1.165, 1.54) is 0 Å². The third-order valence-corrected chi connectivity index (χ3v) is 3.56. The van der Waals surface area contributed by atoms with Crippen LogP contribution < -0.4 is 9.64 Å². The summed E-state index contributed by atoms with van der Waals surface area (Å²) in [5, 5.41) is 13.1. The molecule has 0 spiro atoms. The molecule has 2 aromatic heterocycles. The van der Waals surface area contributed by atoms with Gasteiger partial charge in [-0.05, 0) is 18.9 Å². The Morgan fingerprint density at radius 3 is 3.14 bits per heavy atom. The highest BCUT2D eigenvalue weighted by atomic mass is 16.5. The number of aliphatic hydroxyl groups is 1. The Balaban J connectivity index is 1.71. The van der Waals surface area contributed by atoms with E-state index in [0.717, 1.165) is 31.7 Å². The molecule has 0 radical (unpaired) electrons. The van der Waals surface area contributed by atoms with E-state index >= 15 is 0 Å². The predicted octanol–water partition coefficient (Wildman–Crippen LogP) is 0.886. The zero-order valence-corrected chi connectivity index (χ0v) is 11.8. The molecule has 0 unspecified atom stereocenters. The first-order chi connectivity index (χ1) is 10.4. The van der Waals surface area contributed by atoms with E-state index in [-0.39, 0.29) is 13.2 Å². The third-order valence-electron chi connectivity index (χ3n) is 3.56. The van der Waals surface area contributed by atoms with Crippen molar-refractivity contribution in [1.29, 1.82) is 0 Å². The number of nitrogens with zero attached hydrogens (tertiary/aromatic N) is 5. The van der Waals surface area contributed by atoms with Crippen LogP contribution in [-0.4, -0.2) is 51.2 Å². The van der Waals surface area contributed by atoms with Crippen molar-refractivity contribution >= 4 is 5.82 Å². The quantitative estimate of drug-likeness (QED) is 0.881. The molecule has 7 nitrogen and oxygen atoms in total. The molecule has 7 heteroatoms. The number of hydrogen-bond donors (Lipinski definition) is 1. The van der Waals surface area contributed by atoms with E-state index in [2.05, 4.69) is 20.0 Å². The maximum atomic E-state index is 8.79. The van der Waals surface area contributed by atoms with E-state index in [0.29, 0.717) is 11.9 Å². The highest BCUT2D eigenvalue weighted by molar-refractivity contribution is 5.38. The van der Waals surface area contributed by atoms with Crippen LogP contribution >= 0.6 is 0 Å². The lowest BCUT2D eigenvalue weighted by molar-refractivity contribution is 0.196. The molecule has 112 valence electrons. The van der Waals surface area contributed by atoms with Crippen molar-refractivity contribution in [3.63, 3.8) is 0 Å². The minimum Gasteiger partial charge on any atom is -0.474 e. The molecule has 3 rings (SSSR count). The summed E-state index contributed by atoms with van der Waals surface area (Å²) in [5.74, 6) is 1.25. The third kappa shape index (κ3) is 3.30. The summed E-state index contributed by atoms with van der Waals surface area (Å²) in [4.78, 5) is 10.8. The highest BCUT2D eigenvalue weighted by Crippen LogP contribution is 2.25. The molecule has 1 aliphatic rings. The van der Waals surface area contributed by atoms with Gasteiger partial charge in [0.1, 0.15) is 6.61 Å². The van der Waals surface area contributed by atoms with Crippen LogP contribution in [0.25, 0.3) is 0 Å². The lowest BCUT2D eigenvalue weighted by Crippen LogP contribution is -2.37. The molecular formula is C14H19N5O2. The average molecular weight is 289 g/mol. The van der Waals surface area contributed by atoms with Crippen LogP contribution in [0, 0.1) is 0 Å². The molecule has 1 N–H and O–H groups in total. The van der Waals surface area contributed by atoms with E-state index in [4.69, 9.17) is 9.84 Å². The molecular weight excluding hydrogens is 270 g/mol. The zero-order chi connectivity index (χ0) is 14.5. The highest BCUT2D eigenvalue weighted by Gasteiger charge is 2.22. The van der Waals surface area contributed by atoms with Gasteiger partial charge in [0, 0.05) is 25.5 Å². The fraction of sp³-hybridized carbons (Fsp3) is 0.500. The minimum absolute atomic E-state index is 0.0308. The molecule has 3 heterocycles. The van der Waals surface area contributed by atoms with Gasteiger partial charge in [-0.1, -0.05) is 0 Å². The van der Waals surface area contributed by atoms with Crippen molar-refractivity contribution in [2.75, 3.05) is 31.2 Å². The van der Waals surface area contributed by atoms with Gasteiger partial charge >= 0.3 is 0 Å². The van der Waals surface area contributed by atoms with Crippen LogP contribution in [0.5, 0.6) is 5.88 Å². The second-order valence-corrected chi connectivity index (χ2v) is 5.02. The van der Waals surface area contributed by atoms with Gasteiger partial charge in [0.15, 0.2) is 5.82 Å². The summed E-state index contributed by atoms with van der Waals surface area (Å²) in [5.41, 5.74) is 0. The number of ether oxygens (including phenoxy) is 1. The molecule has 2 aromatic rings. The number of anilines is 1. The fourth-order valence-electron chi connectivity index (χ4n) is 2.59. The number of rotatable bonds is 5. The van der Waals surface area contributed by atoms with Crippen molar-refractivity contribution in [2.24, 2.45) is 0 Å². The average Bonchev–Trinajstić information content (AvgIpc) is 3.08. The molecule has 1 saturated heterocycles. The first-order valence-corrected chi connectivity index (χ1v) is 7.16. The number of aromatic nitrogens is 4. The number of piperidine rings is 1. The van der Waals surface area contributed by atoms with Gasteiger partial charge in [0.25, 0.3) is 0 Å². The first-order valence-electron chi connectivity index (χ1n) is 7.16. The number of hydrogen-bond acceptors (Lipinski definition) is 6. The molecule has 0 bridgehead atoms. The summed E-state index contributed by atoms with van der Waals surface area (Å²) in [7, 11) is 0. The Hall–Kier alpha value is -2.15. The van der Waals surface area contributed by atoms with Crippen LogP contribution in [0.2, 0.25) is 0 Å². The van der Waals surface area contributed by atoms with Crippen LogP contribution in [0.1, 0.15) is 18.9 Å². The van der Waals surface area contributed by atoms with E-state index < -0.39 is 0 Å². The maximum absolute atomic E-state index is 8.79. The fourth-order valence-corrected chi connectivity index (χ4v) is 2.59. The summed E-state index contributed by atoms with van der Waals surface area (Å²) in [6.45, 7) is 2.01. The number of aliphatic hydroxyl groups excluding tert-OH is 1. The molecule has 0 aliphatic carbocycles. The normalized spacial score (nSPS) is 18.7. The Morgan fingerprint density at radius 1 is 1.38 bits per heavy atom. The Morgan fingerprint density at radius 2 is 2.33 bits per heavy atom. The topological polar surface area (TPSA) is 76.3 Å². The van der Waals surface area contributed by atoms with Crippen molar-refractivity contribution < 1.29 is 9.84 Å². The maximum Gasteiger partial charge on any atom is 0.234 e. The molecule has 21 heavy (non-hydrogen) atoms. The van der Waals surface area contributed by atoms with Crippen molar-refractivity contribution in [1.82, 2.24) is 19.7 Å².